The van der Waals surface area contributed by atoms with Gasteiger partial charge in [-0.2, -0.15) is 0 Å². The highest BCUT2D eigenvalue weighted by Gasteiger charge is 2.26. The average molecular weight is 452 g/mol. The third-order valence-corrected chi connectivity index (χ3v) is 5.69. The average Bonchev–Trinajstić information content (AvgIpc) is 3.28. The number of carbonyl (C=O) groups is 1. The fourth-order valence-electron chi connectivity index (χ4n) is 4.04. The number of carbonyl (C=O) groups excluding carboxylic acids is 1. The summed E-state index contributed by atoms with van der Waals surface area (Å²) in [6.07, 6.45) is 8.84. The minimum atomic E-state index is -0.494. The van der Waals surface area contributed by atoms with E-state index in [0.29, 0.717) is 29.8 Å². The largest absolute Gasteiger partial charge is 0.497 e. The number of anilines is 1. The molecule has 0 radical (unpaired) electrons. The number of nitrogens with zero attached hydrogens (tertiary/aromatic N) is 5. The Morgan fingerprint density at radius 1 is 1.09 bits per heavy atom. The lowest BCUT2D eigenvalue weighted by Gasteiger charge is -2.33. The summed E-state index contributed by atoms with van der Waals surface area (Å²) in [5.41, 5.74) is 0.804. The molecular formula is C23H29N7O3. The number of rotatable bonds is 7. The Labute approximate surface area is 193 Å². The van der Waals surface area contributed by atoms with Crippen LogP contribution in [0.5, 0.6) is 11.5 Å². The molecule has 174 valence electrons. The Bertz CT molecular complexity index is 1050. The summed E-state index contributed by atoms with van der Waals surface area (Å²) in [4.78, 5) is 28.3. The summed E-state index contributed by atoms with van der Waals surface area (Å²) in [5, 5.41) is 6.20. The van der Waals surface area contributed by atoms with Crippen LogP contribution in [0, 0.1) is 0 Å². The number of aromatic nitrogens is 4. The maximum Gasteiger partial charge on any atom is 0.315 e. The van der Waals surface area contributed by atoms with E-state index in [9.17, 15) is 4.79 Å². The number of aryl methyl sites for hydroxylation is 1. The summed E-state index contributed by atoms with van der Waals surface area (Å²) < 4.78 is 12.7. The molecule has 4 rings (SSSR count). The molecule has 1 fully saturated rings. The third kappa shape index (κ3) is 5.33. The molecule has 1 aliphatic heterocycles. The quantitative estimate of drug-likeness (QED) is 0.568. The van der Waals surface area contributed by atoms with E-state index < -0.39 is 6.04 Å². The number of hydrogen-bond donors (Lipinski definition) is 2. The topological polar surface area (TPSA) is 106 Å². The Kier molecular flexibility index (Phi) is 6.92. The first-order chi connectivity index (χ1) is 16.1. The van der Waals surface area contributed by atoms with Crippen LogP contribution >= 0.6 is 0 Å². The van der Waals surface area contributed by atoms with Gasteiger partial charge in [-0.05, 0) is 36.6 Å². The van der Waals surface area contributed by atoms with Crippen LogP contribution in [0.4, 0.5) is 10.7 Å². The van der Waals surface area contributed by atoms with Gasteiger partial charge in [0, 0.05) is 57.0 Å². The van der Waals surface area contributed by atoms with Gasteiger partial charge in [-0.25, -0.2) is 19.7 Å². The van der Waals surface area contributed by atoms with Gasteiger partial charge in [0.25, 0.3) is 0 Å². The lowest BCUT2D eigenvalue weighted by molar-refractivity contribution is 0.232. The van der Waals surface area contributed by atoms with Crippen molar-refractivity contribution in [3.8, 4) is 11.5 Å². The Morgan fingerprint density at radius 2 is 1.82 bits per heavy atom. The fraction of sp³-hybridized carbons (Fsp3) is 0.391. The summed E-state index contributed by atoms with van der Waals surface area (Å²) in [6, 6.07) is 6.54. The molecule has 0 bridgehead atoms. The van der Waals surface area contributed by atoms with E-state index in [1.54, 1.807) is 44.9 Å². The number of piperidine rings is 1. The van der Waals surface area contributed by atoms with E-state index in [1.165, 1.54) is 0 Å². The number of urea groups is 1. The number of benzene rings is 1. The number of amides is 2. The number of ether oxygens (including phenoxy) is 2. The zero-order chi connectivity index (χ0) is 23.2. The molecule has 2 amide bonds. The molecule has 2 aromatic heterocycles. The van der Waals surface area contributed by atoms with Gasteiger partial charge in [0.2, 0.25) is 5.95 Å². The Morgan fingerprint density at radius 3 is 2.45 bits per heavy atom. The van der Waals surface area contributed by atoms with E-state index in [1.807, 2.05) is 29.9 Å². The number of nitrogens with one attached hydrogen (secondary N) is 2. The second kappa shape index (κ2) is 10.2. The first-order valence-corrected chi connectivity index (χ1v) is 10.9. The monoisotopic (exact) mass is 451 g/mol. The summed E-state index contributed by atoms with van der Waals surface area (Å²) in [7, 11) is 5.09. The van der Waals surface area contributed by atoms with Crippen LogP contribution < -0.4 is 25.0 Å². The van der Waals surface area contributed by atoms with E-state index in [0.717, 1.165) is 24.9 Å². The summed E-state index contributed by atoms with van der Waals surface area (Å²) in [6.45, 7) is 1.51. The molecule has 2 atom stereocenters. The highest BCUT2D eigenvalue weighted by atomic mass is 16.5. The molecule has 2 N–H and O–H groups in total. The van der Waals surface area contributed by atoms with Crippen molar-refractivity contribution in [3.05, 3.63) is 60.4 Å². The highest BCUT2D eigenvalue weighted by Crippen LogP contribution is 2.29. The van der Waals surface area contributed by atoms with Crippen molar-refractivity contribution in [1.29, 1.82) is 0 Å². The molecule has 0 spiro atoms. The van der Waals surface area contributed by atoms with Gasteiger partial charge in [-0.15, -0.1) is 0 Å². The number of hydrogen-bond acceptors (Lipinski definition) is 7. The van der Waals surface area contributed by atoms with Crippen molar-refractivity contribution in [2.75, 3.05) is 32.2 Å². The van der Waals surface area contributed by atoms with Crippen LogP contribution in [-0.2, 0) is 7.05 Å². The number of methoxy groups -OCH3 is 2. The Balaban J connectivity index is 1.51. The maximum atomic E-state index is 13.1. The van der Waals surface area contributed by atoms with Crippen LogP contribution in [0.15, 0.2) is 49.1 Å². The number of imidazole rings is 1. The van der Waals surface area contributed by atoms with Crippen LogP contribution in [0.2, 0.25) is 0 Å². The van der Waals surface area contributed by atoms with E-state index in [4.69, 9.17) is 9.47 Å². The minimum Gasteiger partial charge on any atom is -0.497 e. The van der Waals surface area contributed by atoms with E-state index in [2.05, 4.69) is 30.5 Å². The molecule has 1 aromatic carbocycles. The molecular weight excluding hydrogens is 422 g/mol. The Hall–Kier alpha value is -3.82. The first kappa shape index (κ1) is 22.4. The van der Waals surface area contributed by atoms with Gasteiger partial charge in [0.15, 0.2) is 0 Å². The lowest BCUT2D eigenvalue weighted by Crippen LogP contribution is -2.51. The molecule has 1 saturated heterocycles. The third-order valence-electron chi connectivity index (χ3n) is 5.69. The van der Waals surface area contributed by atoms with Crippen molar-refractivity contribution in [1.82, 2.24) is 30.2 Å². The summed E-state index contributed by atoms with van der Waals surface area (Å²) >= 11 is 0. The molecule has 10 nitrogen and oxygen atoms in total. The second-order valence-electron chi connectivity index (χ2n) is 7.93. The van der Waals surface area contributed by atoms with Gasteiger partial charge < -0.3 is 29.6 Å². The first-order valence-electron chi connectivity index (χ1n) is 10.9. The molecule has 3 heterocycles. The van der Waals surface area contributed by atoms with Gasteiger partial charge >= 0.3 is 6.03 Å². The predicted octanol–water partition coefficient (Wildman–Crippen LogP) is 2.28. The molecule has 10 heteroatoms. The van der Waals surface area contributed by atoms with Crippen LogP contribution in [-0.4, -0.2) is 58.9 Å². The molecule has 3 aromatic rings. The predicted molar refractivity (Wildman–Crippen MR) is 124 cm³/mol. The van der Waals surface area contributed by atoms with Crippen LogP contribution in [0.3, 0.4) is 0 Å². The van der Waals surface area contributed by atoms with Crippen molar-refractivity contribution in [2.45, 2.75) is 24.9 Å². The zero-order valence-electron chi connectivity index (χ0n) is 19.1. The van der Waals surface area contributed by atoms with Crippen molar-refractivity contribution in [3.63, 3.8) is 0 Å². The SMILES string of the molecule is COc1cc(OC)cc(C(NC(=O)NC2CCCN(c3ncccn3)C2)c2nccn2C)c1. The fourth-order valence-corrected chi connectivity index (χ4v) is 4.04. The maximum absolute atomic E-state index is 13.1. The molecule has 0 saturated carbocycles. The van der Waals surface area contributed by atoms with Gasteiger partial charge in [-0.3, -0.25) is 0 Å². The summed E-state index contributed by atoms with van der Waals surface area (Å²) in [5.74, 6) is 2.65. The normalized spacial score (nSPS) is 16.7. The van der Waals surface area contributed by atoms with Crippen molar-refractivity contribution >= 4 is 12.0 Å². The minimum absolute atomic E-state index is 0.0237. The lowest BCUT2D eigenvalue weighted by atomic mass is 10.0. The zero-order valence-corrected chi connectivity index (χ0v) is 19.1. The van der Waals surface area contributed by atoms with E-state index in [-0.39, 0.29) is 12.1 Å². The van der Waals surface area contributed by atoms with Crippen molar-refractivity contribution < 1.29 is 14.3 Å². The second-order valence-corrected chi connectivity index (χ2v) is 7.93. The molecule has 2 unspecified atom stereocenters. The van der Waals surface area contributed by atoms with Gasteiger partial charge in [0.1, 0.15) is 23.4 Å². The van der Waals surface area contributed by atoms with E-state index >= 15 is 0 Å². The standard InChI is InChI=1S/C23H29N7O3/c1-29-11-9-24-21(29)20(16-12-18(32-2)14-19(13-16)33-3)28-23(31)27-17-6-4-10-30(15-17)22-25-7-5-8-26-22/h5,7-9,11-14,17,20H,4,6,10,15H2,1-3H3,(H2,27,28,31). The molecule has 33 heavy (non-hydrogen) atoms. The van der Waals surface area contributed by atoms with Crippen LogP contribution in [0.25, 0.3) is 0 Å². The van der Waals surface area contributed by atoms with Gasteiger partial charge in [0.05, 0.1) is 14.2 Å². The van der Waals surface area contributed by atoms with Crippen LogP contribution in [0.1, 0.15) is 30.3 Å². The highest BCUT2D eigenvalue weighted by molar-refractivity contribution is 5.75. The van der Waals surface area contributed by atoms with Crippen molar-refractivity contribution in [2.24, 2.45) is 7.05 Å². The molecule has 0 aliphatic carbocycles. The smallest absolute Gasteiger partial charge is 0.315 e. The molecule has 1 aliphatic rings. The van der Waals surface area contributed by atoms with Gasteiger partial charge in [-0.1, -0.05) is 0 Å².